The third-order valence-electron chi connectivity index (χ3n) is 5.54. The van der Waals surface area contributed by atoms with Gasteiger partial charge in [0.1, 0.15) is 11.8 Å². The van der Waals surface area contributed by atoms with Crippen molar-refractivity contribution in [2.24, 2.45) is 5.73 Å². The predicted octanol–water partition coefficient (Wildman–Crippen LogP) is 2.56. The standard InChI is InChI=1S/C25H24N4O6/c1-33-22-10-16(7-8-18(22)23-11-27-14-35-23)28-24(31)21(30)13-29-12-15(9-19(26)25(32)34-2)17-5-3-4-6-20(17)29/h3-8,10-12,14,19H,9,13,26H2,1-2H3,(H,28,31). The molecule has 0 fully saturated rings. The first-order chi connectivity index (χ1) is 16.9. The maximum Gasteiger partial charge on any atom is 0.322 e. The van der Waals surface area contributed by atoms with E-state index in [1.807, 2.05) is 24.3 Å². The van der Waals surface area contributed by atoms with Gasteiger partial charge in [0.15, 0.2) is 12.2 Å². The Hall–Kier alpha value is -4.44. The van der Waals surface area contributed by atoms with Crippen molar-refractivity contribution in [2.75, 3.05) is 19.5 Å². The zero-order valence-corrected chi connectivity index (χ0v) is 19.2. The summed E-state index contributed by atoms with van der Waals surface area (Å²) in [5.41, 5.74) is 8.50. The van der Waals surface area contributed by atoms with Crippen molar-refractivity contribution >= 4 is 34.3 Å². The molecule has 0 aliphatic rings. The van der Waals surface area contributed by atoms with Gasteiger partial charge in [-0.25, -0.2) is 4.98 Å². The summed E-state index contributed by atoms with van der Waals surface area (Å²) in [6.07, 6.45) is 4.82. The summed E-state index contributed by atoms with van der Waals surface area (Å²) >= 11 is 0. The fraction of sp³-hybridized carbons (Fsp3) is 0.200. The lowest BCUT2D eigenvalue weighted by molar-refractivity contribution is -0.142. The highest BCUT2D eigenvalue weighted by Crippen LogP contribution is 2.32. The van der Waals surface area contributed by atoms with Gasteiger partial charge in [-0.1, -0.05) is 18.2 Å². The Kier molecular flexibility index (Phi) is 6.93. The van der Waals surface area contributed by atoms with E-state index >= 15 is 0 Å². The minimum Gasteiger partial charge on any atom is -0.496 e. The number of Topliss-reactive ketones (excluding diaryl/α,β-unsaturated/α-hetero) is 1. The molecule has 10 heteroatoms. The van der Waals surface area contributed by atoms with Gasteiger partial charge in [0, 0.05) is 35.3 Å². The number of hydrogen-bond donors (Lipinski definition) is 2. The number of ketones is 1. The summed E-state index contributed by atoms with van der Waals surface area (Å²) in [5.74, 6) is -0.979. The zero-order valence-electron chi connectivity index (χ0n) is 19.2. The van der Waals surface area contributed by atoms with Gasteiger partial charge >= 0.3 is 5.97 Å². The van der Waals surface area contributed by atoms with Crippen LogP contribution in [0.25, 0.3) is 22.2 Å². The van der Waals surface area contributed by atoms with Gasteiger partial charge < -0.3 is 29.5 Å². The van der Waals surface area contributed by atoms with Gasteiger partial charge in [-0.3, -0.25) is 14.4 Å². The van der Waals surface area contributed by atoms with Crippen LogP contribution in [0.4, 0.5) is 5.69 Å². The van der Waals surface area contributed by atoms with Crippen LogP contribution in [-0.2, 0) is 32.1 Å². The minimum atomic E-state index is -0.840. The molecule has 4 rings (SSSR count). The lowest BCUT2D eigenvalue weighted by atomic mass is 10.1. The molecule has 1 amide bonds. The number of hydrogen-bond acceptors (Lipinski definition) is 8. The fourth-order valence-corrected chi connectivity index (χ4v) is 3.84. The third-order valence-corrected chi connectivity index (χ3v) is 5.54. The summed E-state index contributed by atoms with van der Waals surface area (Å²) < 4.78 is 17.1. The molecule has 1 atom stereocenters. The van der Waals surface area contributed by atoms with E-state index in [0.29, 0.717) is 22.8 Å². The molecule has 2 heterocycles. The van der Waals surface area contributed by atoms with Crippen LogP contribution in [-0.4, -0.2) is 47.5 Å². The lowest BCUT2D eigenvalue weighted by Gasteiger charge is -2.10. The number of nitrogens with one attached hydrogen (secondary N) is 1. The van der Waals surface area contributed by atoms with Crippen LogP contribution in [0.1, 0.15) is 5.56 Å². The number of aromatic nitrogens is 2. The van der Waals surface area contributed by atoms with Gasteiger partial charge in [-0.05, 0) is 23.8 Å². The van der Waals surface area contributed by atoms with Gasteiger partial charge in [0.25, 0.3) is 5.91 Å². The zero-order chi connectivity index (χ0) is 24.9. The van der Waals surface area contributed by atoms with Crippen molar-refractivity contribution < 1.29 is 28.3 Å². The molecule has 1 unspecified atom stereocenters. The van der Waals surface area contributed by atoms with Crippen LogP contribution in [0.2, 0.25) is 0 Å². The highest BCUT2D eigenvalue weighted by Gasteiger charge is 2.21. The summed E-state index contributed by atoms with van der Waals surface area (Å²) in [5, 5.41) is 3.45. The number of anilines is 1. The van der Waals surface area contributed by atoms with Crippen molar-refractivity contribution in [3.8, 4) is 17.1 Å². The van der Waals surface area contributed by atoms with Crippen molar-refractivity contribution in [3.05, 3.63) is 66.8 Å². The molecule has 0 bridgehead atoms. The Morgan fingerprint density at radius 3 is 2.69 bits per heavy atom. The third kappa shape index (κ3) is 5.07. The van der Waals surface area contributed by atoms with E-state index in [1.54, 1.807) is 35.2 Å². The smallest absolute Gasteiger partial charge is 0.322 e. The number of benzene rings is 2. The fourth-order valence-electron chi connectivity index (χ4n) is 3.84. The second-order valence-corrected chi connectivity index (χ2v) is 7.79. The molecule has 0 aliphatic carbocycles. The Morgan fingerprint density at radius 1 is 1.17 bits per heavy atom. The molecule has 4 aromatic rings. The van der Waals surface area contributed by atoms with Crippen LogP contribution in [0.15, 0.2) is 65.7 Å². The summed E-state index contributed by atoms with van der Waals surface area (Å²) in [6, 6.07) is 11.5. The number of carbonyl (C=O) groups excluding carboxylic acids is 3. The van der Waals surface area contributed by atoms with Crippen LogP contribution < -0.4 is 15.8 Å². The largest absolute Gasteiger partial charge is 0.496 e. The molecule has 35 heavy (non-hydrogen) atoms. The molecule has 3 N–H and O–H groups in total. The summed E-state index contributed by atoms with van der Waals surface area (Å²) in [7, 11) is 2.77. The number of carbonyl (C=O) groups is 3. The molecule has 0 spiro atoms. The molecule has 0 radical (unpaired) electrons. The van der Waals surface area contributed by atoms with Gasteiger partial charge in [0.05, 0.1) is 32.5 Å². The Bertz CT molecular complexity index is 1380. The normalized spacial score (nSPS) is 11.7. The average molecular weight is 476 g/mol. The summed E-state index contributed by atoms with van der Waals surface area (Å²) in [6.45, 7) is -0.187. The first-order valence-electron chi connectivity index (χ1n) is 10.7. The number of nitrogens with zero attached hydrogens (tertiary/aromatic N) is 2. The van der Waals surface area contributed by atoms with Gasteiger partial charge in [-0.2, -0.15) is 0 Å². The first kappa shape index (κ1) is 23.7. The number of amides is 1. The molecular formula is C25H24N4O6. The average Bonchev–Trinajstić information content (AvgIpc) is 3.52. The molecule has 0 saturated heterocycles. The Balaban J connectivity index is 1.50. The van der Waals surface area contributed by atoms with E-state index in [9.17, 15) is 14.4 Å². The van der Waals surface area contributed by atoms with E-state index in [1.165, 1.54) is 20.6 Å². The molecule has 0 aliphatic heterocycles. The number of para-hydroxylation sites is 1. The molecule has 10 nitrogen and oxygen atoms in total. The minimum absolute atomic E-state index is 0.187. The van der Waals surface area contributed by atoms with Crippen molar-refractivity contribution in [1.29, 1.82) is 0 Å². The second kappa shape index (κ2) is 10.2. The molecule has 2 aromatic carbocycles. The Labute approximate surface area is 200 Å². The SMILES string of the molecule is COC(=O)C(N)Cc1cn(CC(=O)C(=O)Nc2ccc(-c3cnco3)c(OC)c2)c2ccccc12. The van der Waals surface area contributed by atoms with Crippen LogP contribution >= 0.6 is 0 Å². The van der Waals surface area contributed by atoms with Gasteiger partial charge in [0.2, 0.25) is 5.78 Å². The Morgan fingerprint density at radius 2 is 1.97 bits per heavy atom. The van der Waals surface area contributed by atoms with Crippen LogP contribution in [0.3, 0.4) is 0 Å². The molecule has 2 aromatic heterocycles. The predicted molar refractivity (Wildman–Crippen MR) is 128 cm³/mol. The van der Waals surface area contributed by atoms with E-state index in [-0.39, 0.29) is 13.0 Å². The monoisotopic (exact) mass is 476 g/mol. The quantitative estimate of drug-likeness (QED) is 0.278. The number of methoxy groups -OCH3 is 2. The number of nitrogens with two attached hydrogens (primary N) is 1. The number of fused-ring (bicyclic) bond motifs is 1. The number of rotatable bonds is 9. The maximum atomic E-state index is 12.8. The first-order valence-corrected chi connectivity index (χ1v) is 10.7. The summed E-state index contributed by atoms with van der Waals surface area (Å²) in [4.78, 5) is 41.1. The van der Waals surface area contributed by atoms with Crippen molar-refractivity contribution in [1.82, 2.24) is 9.55 Å². The van der Waals surface area contributed by atoms with E-state index in [0.717, 1.165) is 16.5 Å². The number of ether oxygens (including phenoxy) is 2. The topological polar surface area (TPSA) is 139 Å². The van der Waals surface area contributed by atoms with Crippen molar-refractivity contribution in [2.45, 2.75) is 19.0 Å². The number of oxazole rings is 1. The van der Waals surface area contributed by atoms with E-state index in [4.69, 9.17) is 19.6 Å². The molecule has 0 saturated carbocycles. The second-order valence-electron chi connectivity index (χ2n) is 7.79. The van der Waals surface area contributed by atoms with E-state index in [2.05, 4.69) is 10.3 Å². The van der Waals surface area contributed by atoms with Crippen LogP contribution in [0.5, 0.6) is 5.75 Å². The van der Waals surface area contributed by atoms with Gasteiger partial charge in [-0.15, -0.1) is 0 Å². The molecular weight excluding hydrogens is 452 g/mol. The number of esters is 1. The lowest BCUT2D eigenvalue weighted by Crippen LogP contribution is -2.33. The maximum absolute atomic E-state index is 12.8. The highest BCUT2D eigenvalue weighted by molar-refractivity contribution is 6.40. The van der Waals surface area contributed by atoms with Crippen molar-refractivity contribution in [3.63, 3.8) is 0 Å². The van der Waals surface area contributed by atoms with E-state index < -0.39 is 23.7 Å². The van der Waals surface area contributed by atoms with Crippen LogP contribution in [0, 0.1) is 0 Å². The highest BCUT2D eigenvalue weighted by atomic mass is 16.5. The molecule has 180 valence electrons.